The van der Waals surface area contributed by atoms with Crippen molar-refractivity contribution in [1.82, 2.24) is 10.2 Å². The molecular formula is C23H32N2O6. The normalized spacial score (nSPS) is 24.8. The highest BCUT2D eigenvalue weighted by atomic mass is 16.5. The number of aryl methyl sites for hydroxylation is 1. The molecule has 0 radical (unpaired) electrons. The molecule has 0 saturated carbocycles. The van der Waals surface area contributed by atoms with Gasteiger partial charge < -0.3 is 19.5 Å². The number of piperidine rings is 1. The van der Waals surface area contributed by atoms with Crippen molar-refractivity contribution in [1.29, 1.82) is 0 Å². The average Bonchev–Trinajstić information content (AvgIpc) is 3.24. The van der Waals surface area contributed by atoms with Crippen molar-refractivity contribution >= 4 is 17.8 Å². The van der Waals surface area contributed by atoms with E-state index in [1.165, 1.54) is 4.90 Å². The van der Waals surface area contributed by atoms with Crippen molar-refractivity contribution in [2.45, 2.75) is 51.2 Å². The first-order valence-electron chi connectivity index (χ1n) is 11.0. The summed E-state index contributed by atoms with van der Waals surface area (Å²) in [4.78, 5) is 39.1. The van der Waals surface area contributed by atoms with E-state index < -0.39 is 30.1 Å². The van der Waals surface area contributed by atoms with Crippen LogP contribution in [0.1, 0.15) is 32.3 Å². The number of amides is 1. The van der Waals surface area contributed by atoms with Crippen LogP contribution in [-0.2, 0) is 30.3 Å². The molecule has 2 N–H and O–H groups in total. The van der Waals surface area contributed by atoms with Crippen LogP contribution in [0.3, 0.4) is 0 Å². The summed E-state index contributed by atoms with van der Waals surface area (Å²) in [6.45, 7) is 4.95. The number of nitrogens with zero attached hydrogens (tertiary/aromatic N) is 1. The van der Waals surface area contributed by atoms with Gasteiger partial charge in [-0.05, 0) is 44.6 Å². The van der Waals surface area contributed by atoms with Crippen molar-refractivity contribution in [2.75, 3.05) is 26.4 Å². The van der Waals surface area contributed by atoms with Crippen LogP contribution in [0.2, 0.25) is 0 Å². The van der Waals surface area contributed by atoms with Gasteiger partial charge in [0.25, 0.3) is 0 Å². The fourth-order valence-electron chi connectivity index (χ4n) is 4.59. The third-order valence-corrected chi connectivity index (χ3v) is 6.22. The second-order valence-corrected chi connectivity index (χ2v) is 8.28. The number of likely N-dealkylation sites (tertiary alicyclic amines) is 1. The first kappa shape index (κ1) is 23.2. The first-order valence-corrected chi connectivity index (χ1v) is 11.0. The van der Waals surface area contributed by atoms with Crippen molar-refractivity contribution < 1.29 is 29.0 Å². The van der Waals surface area contributed by atoms with Gasteiger partial charge in [0.1, 0.15) is 12.1 Å². The Morgan fingerprint density at radius 2 is 2.00 bits per heavy atom. The summed E-state index contributed by atoms with van der Waals surface area (Å²) in [7, 11) is 0. The number of carboxylic acids is 1. The summed E-state index contributed by atoms with van der Waals surface area (Å²) in [5, 5.41) is 12.9. The van der Waals surface area contributed by atoms with E-state index in [9.17, 15) is 19.5 Å². The molecule has 170 valence electrons. The summed E-state index contributed by atoms with van der Waals surface area (Å²) in [5.41, 5.74) is 1.09. The van der Waals surface area contributed by atoms with Crippen LogP contribution in [0.4, 0.5) is 0 Å². The standard InChI is InChI=1S/C23H32N2O6/c1-3-31-23(29)19(10-9-16-7-5-4-6-8-16)24-15(2)21(26)25-12-11-17-13-30-14-18(17)20(25)22(27)28/h4-8,15,17-20,24H,3,9-14H2,1-2H3,(H,27,28)/t15-,17?,18?,19?,20-/m0/s1. The number of esters is 1. The van der Waals surface area contributed by atoms with Gasteiger partial charge in [-0.3, -0.25) is 14.9 Å². The average molecular weight is 433 g/mol. The first-order chi connectivity index (χ1) is 14.9. The Balaban J connectivity index is 1.67. The van der Waals surface area contributed by atoms with Crippen molar-refractivity contribution in [3.8, 4) is 0 Å². The van der Waals surface area contributed by atoms with Crippen LogP contribution in [0.5, 0.6) is 0 Å². The van der Waals surface area contributed by atoms with Gasteiger partial charge in [0.05, 0.1) is 19.3 Å². The van der Waals surface area contributed by atoms with E-state index in [1.807, 2.05) is 30.3 Å². The number of carboxylic acid groups (broad SMARTS) is 1. The van der Waals surface area contributed by atoms with Crippen molar-refractivity contribution in [3.63, 3.8) is 0 Å². The summed E-state index contributed by atoms with van der Waals surface area (Å²) >= 11 is 0. The Morgan fingerprint density at radius 1 is 1.26 bits per heavy atom. The van der Waals surface area contributed by atoms with Gasteiger partial charge in [-0.15, -0.1) is 0 Å². The smallest absolute Gasteiger partial charge is 0.326 e. The number of fused-ring (bicyclic) bond motifs is 1. The molecule has 0 bridgehead atoms. The maximum atomic E-state index is 13.2. The lowest BCUT2D eigenvalue weighted by molar-refractivity contribution is -0.157. The number of ether oxygens (including phenoxy) is 2. The molecule has 8 nitrogen and oxygen atoms in total. The van der Waals surface area contributed by atoms with E-state index in [4.69, 9.17) is 9.47 Å². The molecule has 3 unspecified atom stereocenters. The van der Waals surface area contributed by atoms with E-state index in [0.29, 0.717) is 32.6 Å². The number of benzene rings is 1. The zero-order chi connectivity index (χ0) is 22.4. The fourth-order valence-corrected chi connectivity index (χ4v) is 4.59. The summed E-state index contributed by atoms with van der Waals surface area (Å²) < 4.78 is 10.7. The molecule has 2 aliphatic heterocycles. The highest BCUT2D eigenvalue weighted by Gasteiger charge is 2.47. The molecule has 1 aromatic rings. The van der Waals surface area contributed by atoms with Crippen LogP contribution in [-0.4, -0.2) is 72.3 Å². The number of hydrogen-bond acceptors (Lipinski definition) is 6. The van der Waals surface area contributed by atoms with Gasteiger partial charge >= 0.3 is 11.9 Å². The van der Waals surface area contributed by atoms with Crippen LogP contribution in [0.25, 0.3) is 0 Å². The molecular weight excluding hydrogens is 400 g/mol. The van der Waals surface area contributed by atoms with Gasteiger partial charge in [0.15, 0.2) is 0 Å². The summed E-state index contributed by atoms with van der Waals surface area (Å²) in [6, 6.07) is 7.52. The SMILES string of the molecule is CCOC(=O)C(CCc1ccccc1)N[C@@H](C)C(=O)N1CCC2COCC2[C@H]1C(=O)O. The van der Waals surface area contributed by atoms with E-state index >= 15 is 0 Å². The van der Waals surface area contributed by atoms with E-state index in [0.717, 1.165) is 12.0 Å². The zero-order valence-electron chi connectivity index (χ0n) is 18.2. The maximum absolute atomic E-state index is 13.2. The monoisotopic (exact) mass is 432 g/mol. The minimum atomic E-state index is -1.01. The van der Waals surface area contributed by atoms with E-state index in [2.05, 4.69) is 5.32 Å². The molecule has 3 rings (SSSR count). The summed E-state index contributed by atoms with van der Waals surface area (Å²) in [5.74, 6) is -1.75. The van der Waals surface area contributed by atoms with Crippen molar-refractivity contribution in [2.24, 2.45) is 11.8 Å². The molecule has 2 aliphatic rings. The van der Waals surface area contributed by atoms with Crippen LogP contribution >= 0.6 is 0 Å². The Hall–Kier alpha value is -2.45. The van der Waals surface area contributed by atoms with Crippen molar-refractivity contribution in [3.05, 3.63) is 35.9 Å². The highest BCUT2D eigenvalue weighted by molar-refractivity contribution is 5.88. The predicted octanol–water partition coefficient (Wildman–Crippen LogP) is 1.48. The number of hydrogen-bond donors (Lipinski definition) is 2. The number of nitrogens with one attached hydrogen (secondary N) is 1. The molecule has 5 atom stereocenters. The van der Waals surface area contributed by atoms with E-state index in [1.54, 1.807) is 13.8 Å². The lowest BCUT2D eigenvalue weighted by Gasteiger charge is -2.41. The zero-order valence-corrected chi connectivity index (χ0v) is 18.2. The molecule has 2 fully saturated rings. The van der Waals surface area contributed by atoms with Gasteiger partial charge in [0.2, 0.25) is 5.91 Å². The largest absolute Gasteiger partial charge is 0.480 e. The van der Waals surface area contributed by atoms with Crippen LogP contribution < -0.4 is 5.32 Å². The molecule has 2 heterocycles. The Kier molecular flexibility index (Phi) is 8.03. The fraction of sp³-hybridized carbons (Fsp3) is 0.609. The second kappa shape index (κ2) is 10.7. The Morgan fingerprint density at radius 3 is 2.68 bits per heavy atom. The molecule has 1 amide bonds. The minimum absolute atomic E-state index is 0.173. The quantitative estimate of drug-likeness (QED) is 0.570. The van der Waals surface area contributed by atoms with Gasteiger partial charge in [-0.25, -0.2) is 4.79 Å². The molecule has 0 spiro atoms. The molecule has 0 aromatic heterocycles. The third-order valence-electron chi connectivity index (χ3n) is 6.22. The molecule has 31 heavy (non-hydrogen) atoms. The van der Waals surface area contributed by atoms with Gasteiger partial charge in [0, 0.05) is 19.1 Å². The molecule has 0 aliphatic carbocycles. The molecule has 8 heteroatoms. The lowest BCUT2D eigenvalue weighted by atomic mass is 9.81. The molecule has 2 saturated heterocycles. The number of rotatable bonds is 9. The second-order valence-electron chi connectivity index (χ2n) is 8.28. The van der Waals surface area contributed by atoms with Gasteiger partial charge in [-0.1, -0.05) is 30.3 Å². The van der Waals surface area contributed by atoms with Crippen LogP contribution in [0.15, 0.2) is 30.3 Å². The number of carbonyl (C=O) groups excluding carboxylic acids is 2. The summed E-state index contributed by atoms with van der Waals surface area (Å²) in [6.07, 6.45) is 1.85. The van der Waals surface area contributed by atoms with Gasteiger partial charge in [-0.2, -0.15) is 0 Å². The predicted molar refractivity (Wildman–Crippen MR) is 113 cm³/mol. The lowest BCUT2D eigenvalue weighted by Crippen LogP contribution is -2.60. The third kappa shape index (κ3) is 5.62. The highest BCUT2D eigenvalue weighted by Crippen LogP contribution is 2.34. The number of carbonyl (C=O) groups is 3. The minimum Gasteiger partial charge on any atom is -0.480 e. The van der Waals surface area contributed by atoms with E-state index in [-0.39, 0.29) is 24.3 Å². The topological polar surface area (TPSA) is 105 Å². The Labute approximate surface area is 182 Å². The van der Waals surface area contributed by atoms with Crippen LogP contribution in [0, 0.1) is 11.8 Å². The Bertz CT molecular complexity index is 771. The maximum Gasteiger partial charge on any atom is 0.326 e. The molecule has 1 aromatic carbocycles. The number of aliphatic carboxylic acids is 1.